The molecule has 0 saturated heterocycles. The van der Waals surface area contributed by atoms with Crippen molar-refractivity contribution < 1.29 is 0 Å². The fraction of sp³-hybridized carbons (Fsp3) is 0.562. The molecule has 0 fully saturated rings. The fourth-order valence-electron chi connectivity index (χ4n) is 2.53. The molecule has 0 bridgehead atoms. The number of nitrogens with zero attached hydrogens (tertiary/aromatic N) is 1. The first-order chi connectivity index (χ1) is 8.12. The van der Waals surface area contributed by atoms with E-state index in [9.17, 15) is 4.79 Å². The van der Waals surface area contributed by atoms with Crippen molar-refractivity contribution >= 4 is 6.08 Å². The number of hydrogen-bond acceptors (Lipinski definition) is 1. The Bertz CT molecular complexity index is 562. The van der Waals surface area contributed by atoms with Gasteiger partial charge in [0.2, 0.25) is 0 Å². The van der Waals surface area contributed by atoms with E-state index in [1.807, 2.05) is 4.57 Å². The first kappa shape index (κ1) is 13.1. The Labute approximate surface area is 109 Å². The van der Waals surface area contributed by atoms with Crippen molar-refractivity contribution in [2.24, 2.45) is 0 Å². The minimum Gasteiger partial charge on any atom is -0.303 e. The van der Waals surface area contributed by atoms with Gasteiger partial charge in [-0.3, -0.25) is 4.79 Å². The topological polar surface area (TPSA) is 22.0 Å². The maximum atomic E-state index is 12.8. The van der Waals surface area contributed by atoms with Crippen LogP contribution in [0, 0.1) is 0 Å². The first-order valence-corrected chi connectivity index (χ1v) is 6.59. The van der Waals surface area contributed by atoms with Crippen LogP contribution in [0.1, 0.15) is 58.4 Å². The lowest BCUT2D eigenvalue weighted by molar-refractivity contribution is 0.374. The average molecular weight is 245 g/mol. The molecule has 18 heavy (non-hydrogen) atoms. The van der Waals surface area contributed by atoms with Gasteiger partial charge in [-0.05, 0) is 50.3 Å². The van der Waals surface area contributed by atoms with Gasteiger partial charge < -0.3 is 4.57 Å². The normalized spacial score (nSPS) is 15.0. The van der Waals surface area contributed by atoms with Gasteiger partial charge in [0.05, 0.1) is 0 Å². The Kier molecular flexibility index (Phi) is 2.80. The van der Waals surface area contributed by atoms with Gasteiger partial charge in [0.1, 0.15) is 0 Å². The third-order valence-corrected chi connectivity index (χ3v) is 3.41. The standard InChI is InChI=1S/C16H23NO/c1-15(2,3)12-10-11-8-7-9-13(11)17(14(12)18)16(4,5)6/h7,9-10H,8H2,1-6H3. The SMILES string of the molecule is CC(C)(C)c1cc2c(n(C(C)(C)C)c1=O)C=CC2. The van der Waals surface area contributed by atoms with E-state index in [0.717, 1.165) is 17.7 Å². The van der Waals surface area contributed by atoms with Crippen LogP contribution in [-0.2, 0) is 17.4 Å². The van der Waals surface area contributed by atoms with Crippen LogP contribution in [0.2, 0.25) is 0 Å². The minimum atomic E-state index is -0.183. The number of allylic oxidation sites excluding steroid dienone is 1. The Balaban J connectivity index is 2.83. The molecule has 0 saturated carbocycles. The highest BCUT2D eigenvalue weighted by atomic mass is 16.1. The average Bonchev–Trinajstić information content (AvgIpc) is 2.59. The number of pyridine rings is 1. The van der Waals surface area contributed by atoms with Gasteiger partial charge in [0, 0.05) is 16.8 Å². The molecule has 2 heteroatoms. The first-order valence-electron chi connectivity index (χ1n) is 6.59. The molecule has 1 aliphatic carbocycles. The summed E-state index contributed by atoms with van der Waals surface area (Å²) in [5.74, 6) is 0. The molecule has 1 aromatic rings. The maximum absolute atomic E-state index is 12.8. The van der Waals surface area contributed by atoms with Gasteiger partial charge in [-0.2, -0.15) is 0 Å². The van der Waals surface area contributed by atoms with E-state index in [1.54, 1.807) is 0 Å². The Hall–Kier alpha value is -1.31. The summed E-state index contributed by atoms with van der Waals surface area (Å²) in [6, 6.07) is 2.10. The van der Waals surface area contributed by atoms with E-state index in [0.29, 0.717) is 0 Å². The Morgan fingerprint density at radius 2 is 1.72 bits per heavy atom. The predicted octanol–water partition coefficient (Wildman–Crippen LogP) is 3.47. The molecule has 1 heterocycles. The number of hydrogen-bond donors (Lipinski definition) is 0. The summed E-state index contributed by atoms with van der Waals surface area (Å²) in [5.41, 5.74) is 3.13. The highest BCUT2D eigenvalue weighted by molar-refractivity contribution is 5.58. The molecule has 98 valence electrons. The van der Waals surface area contributed by atoms with E-state index in [4.69, 9.17) is 0 Å². The van der Waals surface area contributed by atoms with Crippen LogP contribution in [0.4, 0.5) is 0 Å². The van der Waals surface area contributed by atoms with Gasteiger partial charge >= 0.3 is 0 Å². The molecule has 0 unspecified atom stereocenters. The van der Waals surface area contributed by atoms with Gasteiger partial charge in [-0.15, -0.1) is 0 Å². The number of fused-ring (bicyclic) bond motifs is 1. The van der Waals surface area contributed by atoms with E-state index in [-0.39, 0.29) is 16.5 Å². The Morgan fingerprint density at radius 1 is 1.11 bits per heavy atom. The molecule has 0 spiro atoms. The molecule has 0 amide bonds. The zero-order valence-electron chi connectivity index (χ0n) is 12.3. The smallest absolute Gasteiger partial charge is 0.255 e. The van der Waals surface area contributed by atoms with Crippen molar-refractivity contribution in [2.75, 3.05) is 0 Å². The molecule has 0 aromatic carbocycles. The second kappa shape index (κ2) is 3.84. The third-order valence-electron chi connectivity index (χ3n) is 3.41. The van der Waals surface area contributed by atoms with Gasteiger partial charge in [0.15, 0.2) is 0 Å². The van der Waals surface area contributed by atoms with Crippen LogP contribution in [0.15, 0.2) is 16.9 Å². The van der Waals surface area contributed by atoms with E-state index in [2.05, 4.69) is 59.8 Å². The second-order valence-corrected chi connectivity index (χ2v) is 7.14. The fourth-order valence-corrected chi connectivity index (χ4v) is 2.53. The lowest BCUT2D eigenvalue weighted by Gasteiger charge is -2.29. The van der Waals surface area contributed by atoms with Crippen LogP contribution >= 0.6 is 0 Å². The molecule has 0 radical (unpaired) electrons. The van der Waals surface area contributed by atoms with Crippen LogP contribution in [0.25, 0.3) is 6.08 Å². The molecule has 1 aromatic heterocycles. The quantitative estimate of drug-likeness (QED) is 0.686. The molecule has 0 N–H and O–H groups in total. The zero-order valence-corrected chi connectivity index (χ0v) is 12.3. The second-order valence-electron chi connectivity index (χ2n) is 7.14. The largest absolute Gasteiger partial charge is 0.303 e. The van der Waals surface area contributed by atoms with Gasteiger partial charge in [-0.25, -0.2) is 0 Å². The molecule has 2 rings (SSSR count). The summed E-state index contributed by atoms with van der Waals surface area (Å²) in [5, 5.41) is 0. The summed E-state index contributed by atoms with van der Waals surface area (Å²) in [6.45, 7) is 12.6. The highest BCUT2D eigenvalue weighted by Gasteiger charge is 2.27. The van der Waals surface area contributed by atoms with Crippen molar-refractivity contribution in [2.45, 2.75) is 58.9 Å². The van der Waals surface area contributed by atoms with Crippen molar-refractivity contribution in [3.63, 3.8) is 0 Å². The predicted molar refractivity (Wildman–Crippen MR) is 77.1 cm³/mol. The molecular formula is C16H23NO. The van der Waals surface area contributed by atoms with E-state index >= 15 is 0 Å². The molecule has 2 nitrogen and oxygen atoms in total. The van der Waals surface area contributed by atoms with E-state index in [1.165, 1.54) is 5.56 Å². The third kappa shape index (κ3) is 2.05. The van der Waals surface area contributed by atoms with Crippen LogP contribution in [-0.4, -0.2) is 4.57 Å². The van der Waals surface area contributed by atoms with Crippen molar-refractivity contribution in [1.82, 2.24) is 4.57 Å². The van der Waals surface area contributed by atoms with Gasteiger partial charge in [0.25, 0.3) is 5.56 Å². The number of rotatable bonds is 0. The molecular weight excluding hydrogens is 222 g/mol. The minimum absolute atomic E-state index is 0.109. The van der Waals surface area contributed by atoms with Crippen LogP contribution in [0.3, 0.4) is 0 Å². The molecule has 0 atom stereocenters. The van der Waals surface area contributed by atoms with Crippen molar-refractivity contribution in [3.05, 3.63) is 39.3 Å². The summed E-state index contributed by atoms with van der Waals surface area (Å²) in [4.78, 5) is 12.8. The lowest BCUT2D eigenvalue weighted by atomic mass is 9.86. The molecule has 0 aliphatic heterocycles. The van der Waals surface area contributed by atoms with Crippen LogP contribution in [0.5, 0.6) is 0 Å². The summed E-state index contributed by atoms with van der Waals surface area (Å²) in [7, 11) is 0. The monoisotopic (exact) mass is 245 g/mol. The van der Waals surface area contributed by atoms with Crippen molar-refractivity contribution in [1.29, 1.82) is 0 Å². The zero-order chi connectivity index (χ0) is 13.7. The van der Waals surface area contributed by atoms with Gasteiger partial charge in [-0.1, -0.05) is 26.8 Å². The highest BCUT2D eigenvalue weighted by Crippen LogP contribution is 2.28. The summed E-state index contributed by atoms with van der Waals surface area (Å²) in [6.07, 6.45) is 5.15. The van der Waals surface area contributed by atoms with Crippen molar-refractivity contribution in [3.8, 4) is 0 Å². The number of aromatic nitrogens is 1. The van der Waals surface area contributed by atoms with Crippen LogP contribution < -0.4 is 5.56 Å². The van der Waals surface area contributed by atoms with E-state index < -0.39 is 0 Å². The lowest BCUT2D eigenvalue weighted by Crippen LogP contribution is -2.40. The summed E-state index contributed by atoms with van der Waals surface area (Å²) >= 11 is 0. The maximum Gasteiger partial charge on any atom is 0.255 e. The molecule has 1 aliphatic rings. The Morgan fingerprint density at radius 3 is 2.22 bits per heavy atom. The summed E-state index contributed by atoms with van der Waals surface area (Å²) < 4.78 is 1.95.